The van der Waals surface area contributed by atoms with E-state index in [1.165, 1.54) is 16.8 Å². The van der Waals surface area contributed by atoms with Crippen LogP contribution in [0.2, 0.25) is 0 Å². The van der Waals surface area contributed by atoms with Crippen LogP contribution in [0.4, 0.5) is 0 Å². The van der Waals surface area contributed by atoms with Crippen LogP contribution in [0.1, 0.15) is 18.9 Å². The second-order valence-corrected chi connectivity index (χ2v) is 3.77. The van der Waals surface area contributed by atoms with Crippen molar-refractivity contribution in [3.8, 4) is 0 Å². The van der Waals surface area contributed by atoms with Crippen LogP contribution in [0.3, 0.4) is 0 Å². The minimum atomic E-state index is 0.997. The van der Waals surface area contributed by atoms with Crippen molar-refractivity contribution in [2.75, 3.05) is 13.6 Å². The normalized spacial score (nSPS) is 16.0. The molecule has 0 unspecified atom stereocenters. The highest BCUT2D eigenvalue weighted by Crippen LogP contribution is 2.23. The van der Waals surface area contributed by atoms with Crippen molar-refractivity contribution < 1.29 is 0 Å². The third-order valence-corrected chi connectivity index (χ3v) is 2.77. The van der Waals surface area contributed by atoms with Gasteiger partial charge in [0.05, 0.1) is 0 Å². The van der Waals surface area contributed by atoms with Crippen LogP contribution in [0.25, 0.3) is 5.57 Å². The molecule has 0 aromatic carbocycles. The summed E-state index contributed by atoms with van der Waals surface area (Å²) in [7, 11) is 2.13. The number of hydrogen-bond donors (Lipinski definition) is 0. The second kappa shape index (κ2) is 4.30. The second-order valence-electron chi connectivity index (χ2n) is 3.77. The van der Waals surface area contributed by atoms with Gasteiger partial charge in [0.2, 0.25) is 0 Å². The van der Waals surface area contributed by atoms with Gasteiger partial charge in [-0.2, -0.15) is 0 Å². The molecule has 0 atom stereocenters. The van der Waals surface area contributed by atoms with Crippen molar-refractivity contribution in [3.63, 3.8) is 0 Å². The van der Waals surface area contributed by atoms with Gasteiger partial charge in [-0.25, -0.2) is 0 Å². The lowest BCUT2D eigenvalue weighted by atomic mass is 10.0. The number of aromatic nitrogens is 1. The largest absolute Gasteiger partial charge is 0.374 e. The summed E-state index contributed by atoms with van der Waals surface area (Å²) in [5, 5.41) is 0. The Morgan fingerprint density at radius 1 is 1.33 bits per heavy atom. The van der Waals surface area contributed by atoms with Gasteiger partial charge < -0.3 is 4.90 Å². The van der Waals surface area contributed by atoms with Crippen molar-refractivity contribution in [2.24, 2.45) is 0 Å². The molecule has 0 spiro atoms. The van der Waals surface area contributed by atoms with Crippen LogP contribution in [-0.2, 0) is 0 Å². The lowest BCUT2D eigenvalue weighted by Crippen LogP contribution is -2.20. The summed E-state index contributed by atoms with van der Waals surface area (Å²) in [6.07, 6.45) is 9.29. The fourth-order valence-electron chi connectivity index (χ4n) is 1.82. The van der Waals surface area contributed by atoms with Crippen LogP contribution in [0.15, 0.2) is 42.4 Å². The van der Waals surface area contributed by atoms with E-state index in [2.05, 4.69) is 48.1 Å². The van der Waals surface area contributed by atoms with E-state index < -0.39 is 0 Å². The molecule has 1 aliphatic rings. The molecule has 0 radical (unpaired) electrons. The first-order valence-electron chi connectivity index (χ1n) is 5.33. The van der Waals surface area contributed by atoms with Gasteiger partial charge in [-0.3, -0.25) is 4.98 Å². The first-order valence-corrected chi connectivity index (χ1v) is 5.33. The van der Waals surface area contributed by atoms with Crippen LogP contribution in [0, 0.1) is 0 Å². The van der Waals surface area contributed by atoms with Crippen molar-refractivity contribution in [3.05, 3.63) is 47.9 Å². The van der Waals surface area contributed by atoms with Gasteiger partial charge in [0, 0.05) is 31.7 Å². The molecule has 0 N–H and O–H groups in total. The Kier molecular flexibility index (Phi) is 2.86. The standard InChI is InChI=1S/C13H16N2/c1-3-13-10-12(6-9-15(13)2)11-4-7-14-8-5-11/h4-8,10H,3,9H2,1-2H3. The SMILES string of the molecule is CCC1=CC(c2ccncc2)=CCN1C. The van der Waals surface area contributed by atoms with Crippen molar-refractivity contribution in [1.82, 2.24) is 9.88 Å². The topological polar surface area (TPSA) is 16.1 Å². The zero-order valence-corrected chi connectivity index (χ0v) is 9.27. The average Bonchev–Trinajstić information content (AvgIpc) is 2.31. The molecule has 0 amide bonds. The number of likely N-dealkylation sites (N-methyl/N-ethyl adjacent to an activating group) is 1. The molecule has 2 heterocycles. The third kappa shape index (κ3) is 2.09. The van der Waals surface area contributed by atoms with Crippen molar-refractivity contribution >= 4 is 5.57 Å². The molecule has 2 heteroatoms. The number of allylic oxidation sites excluding steroid dienone is 3. The van der Waals surface area contributed by atoms with E-state index in [9.17, 15) is 0 Å². The van der Waals surface area contributed by atoms with Crippen LogP contribution in [0.5, 0.6) is 0 Å². The van der Waals surface area contributed by atoms with Gasteiger partial charge in [-0.05, 0) is 35.8 Å². The average molecular weight is 200 g/mol. The Bertz CT molecular complexity index is 390. The molecular weight excluding hydrogens is 184 g/mol. The number of pyridine rings is 1. The predicted octanol–water partition coefficient (Wildman–Crippen LogP) is 2.70. The summed E-state index contributed by atoms with van der Waals surface area (Å²) in [6.45, 7) is 3.19. The molecule has 1 aromatic heterocycles. The molecule has 0 saturated carbocycles. The molecule has 2 nitrogen and oxygen atoms in total. The zero-order chi connectivity index (χ0) is 10.7. The number of nitrogens with zero attached hydrogens (tertiary/aromatic N) is 2. The molecule has 0 saturated heterocycles. The Balaban J connectivity index is 2.30. The smallest absolute Gasteiger partial charge is 0.0362 e. The maximum Gasteiger partial charge on any atom is 0.0362 e. The molecule has 1 aromatic rings. The fraction of sp³-hybridized carbons (Fsp3) is 0.308. The summed E-state index contributed by atoms with van der Waals surface area (Å²) in [4.78, 5) is 6.32. The highest BCUT2D eigenvalue weighted by molar-refractivity contribution is 5.75. The van der Waals surface area contributed by atoms with E-state index in [-0.39, 0.29) is 0 Å². The van der Waals surface area contributed by atoms with E-state index >= 15 is 0 Å². The highest BCUT2D eigenvalue weighted by Gasteiger charge is 2.09. The molecule has 15 heavy (non-hydrogen) atoms. The Labute approximate surface area is 90.9 Å². The lowest BCUT2D eigenvalue weighted by molar-refractivity contribution is 0.446. The van der Waals surface area contributed by atoms with Crippen molar-refractivity contribution in [2.45, 2.75) is 13.3 Å². The number of hydrogen-bond acceptors (Lipinski definition) is 2. The van der Waals surface area contributed by atoms with Gasteiger partial charge in [-0.15, -0.1) is 0 Å². The Morgan fingerprint density at radius 3 is 2.73 bits per heavy atom. The summed E-state index contributed by atoms with van der Waals surface area (Å²) in [5.74, 6) is 0. The Hall–Kier alpha value is -1.57. The van der Waals surface area contributed by atoms with Gasteiger partial charge >= 0.3 is 0 Å². The maximum atomic E-state index is 4.04. The van der Waals surface area contributed by atoms with E-state index in [1.54, 1.807) is 0 Å². The molecule has 0 fully saturated rings. The van der Waals surface area contributed by atoms with Crippen LogP contribution >= 0.6 is 0 Å². The molecule has 0 aliphatic carbocycles. The van der Waals surface area contributed by atoms with E-state index in [0.717, 1.165) is 13.0 Å². The first kappa shape index (κ1) is 9.97. The minimum Gasteiger partial charge on any atom is -0.374 e. The van der Waals surface area contributed by atoms with E-state index in [0.29, 0.717) is 0 Å². The fourth-order valence-corrected chi connectivity index (χ4v) is 1.82. The summed E-state index contributed by atoms with van der Waals surface area (Å²) < 4.78 is 0. The minimum absolute atomic E-state index is 0.997. The molecular formula is C13H16N2. The lowest BCUT2D eigenvalue weighted by Gasteiger charge is -2.25. The van der Waals surface area contributed by atoms with Crippen LogP contribution < -0.4 is 0 Å². The quantitative estimate of drug-likeness (QED) is 0.729. The Morgan fingerprint density at radius 2 is 2.07 bits per heavy atom. The maximum absolute atomic E-state index is 4.04. The monoisotopic (exact) mass is 200 g/mol. The summed E-state index contributed by atoms with van der Waals surface area (Å²) in [5.41, 5.74) is 3.96. The molecule has 0 bridgehead atoms. The van der Waals surface area contributed by atoms with Gasteiger partial charge in [0.25, 0.3) is 0 Å². The van der Waals surface area contributed by atoms with Gasteiger partial charge in [-0.1, -0.05) is 13.0 Å². The number of rotatable bonds is 2. The molecule has 78 valence electrons. The van der Waals surface area contributed by atoms with Gasteiger partial charge in [0.15, 0.2) is 0 Å². The van der Waals surface area contributed by atoms with Gasteiger partial charge in [0.1, 0.15) is 0 Å². The highest BCUT2D eigenvalue weighted by atomic mass is 15.1. The molecule has 2 rings (SSSR count). The third-order valence-electron chi connectivity index (χ3n) is 2.77. The van der Waals surface area contributed by atoms with Crippen LogP contribution in [-0.4, -0.2) is 23.5 Å². The van der Waals surface area contributed by atoms with E-state index in [4.69, 9.17) is 0 Å². The predicted molar refractivity (Wildman–Crippen MR) is 63.2 cm³/mol. The molecule has 1 aliphatic heterocycles. The summed E-state index contributed by atoms with van der Waals surface area (Å²) >= 11 is 0. The summed E-state index contributed by atoms with van der Waals surface area (Å²) in [6, 6.07) is 4.11. The van der Waals surface area contributed by atoms with E-state index in [1.807, 2.05) is 12.4 Å². The zero-order valence-electron chi connectivity index (χ0n) is 9.27. The first-order chi connectivity index (χ1) is 7.31. The van der Waals surface area contributed by atoms with Crippen molar-refractivity contribution in [1.29, 1.82) is 0 Å².